The third-order valence-corrected chi connectivity index (χ3v) is 3.95. The summed E-state index contributed by atoms with van der Waals surface area (Å²) in [4.78, 5) is 1.04. The molecule has 1 atom stereocenters. The average Bonchev–Trinajstić information content (AvgIpc) is 2.47. The fraction of sp³-hybridized carbons (Fsp3) is 0.250. The highest BCUT2D eigenvalue weighted by Crippen LogP contribution is 2.28. The molecular weight excluding hydrogens is 275 g/mol. The van der Waals surface area contributed by atoms with Crippen LogP contribution in [0.5, 0.6) is 5.75 Å². The third kappa shape index (κ3) is 3.32. The molecule has 0 saturated heterocycles. The van der Waals surface area contributed by atoms with Crippen molar-refractivity contribution >= 4 is 11.8 Å². The largest absolute Gasteiger partial charge is 0.494 e. The molecular formula is C16H17FO2S. The van der Waals surface area contributed by atoms with E-state index in [0.29, 0.717) is 6.42 Å². The maximum atomic E-state index is 13.6. The standard InChI is InChI=1S/C16H17FO2S/c1-19-15-8-7-11(9-13(15)17)10-14(18)12-5-3-4-6-16(12)20-2/h3-9,14,18H,10H2,1-2H3. The van der Waals surface area contributed by atoms with Crippen molar-refractivity contribution < 1.29 is 14.2 Å². The summed E-state index contributed by atoms with van der Waals surface area (Å²) in [7, 11) is 1.43. The van der Waals surface area contributed by atoms with Crippen molar-refractivity contribution in [2.45, 2.75) is 17.4 Å². The van der Waals surface area contributed by atoms with E-state index in [2.05, 4.69) is 0 Å². The van der Waals surface area contributed by atoms with Gasteiger partial charge < -0.3 is 9.84 Å². The molecule has 0 fully saturated rings. The second-order valence-corrected chi connectivity index (χ2v) is 5.28. The number of aliphatic hydroxyl groups excluding tert-OH is 1. The monoisotopic (exact) mass is 292 g/mol. The molecule has 2 nitrogen and oxygen atoms in total. The van der Waals surface area contributed by atoms with Gasteiger partial charge in [-0.3, -0.25) is 0 Å². The van der Waals surface area contributed by atoms with Crippen LogP contribution in [0.3, 0.4) is 0 Å². The predicted molar refractivity (Wildman–Crippen MR) is 79.8 cm³/mol. The highest BCUT2D eigenvalue weighted by molar-refractivity contribution is 7.98. The van der Waals surface area contributed by atoms with Crippen LogP contribution < -0.4 is 4.74 Å². The Morgan fingerprint density at radius 2 is 2.00 bits per heavy atom. The number of thioether (sulfide) groups is 1. The number of aliphatic hydroxyl groups is 1. The van der Waals surface area contributed by atoms with E-state index in [-0.39, 0.29) is 5.75 Å². The zero-order chi connectivity index (χ0) is 14.5. The average molecular weight is 292 g/mol. The van der Waals surface area contributed by atoms with E-state index in [1.807, 2.05) is 30.5 Å². The summed E-state index contributed by atoms with van der Waals surface area (Å²) in [6.07, 6.45) is 1.70. The minimum atomic E-state index is -0.647. The van der Waals surface area contributed by atoms with Gasteiger partial charge in [0.2, 0.25) is 0 Å². The first kappa shape index (κ1) is 14.9. The molecule has 106 valence electrons. The molecule has 2 aromatic carbocycles. The Bertz CT molecular complexity index is 586. The fourth-order valence-electron chi connectivity index (χ4n) is 2.11. The summed E-state index contributed by atoms with van der Waals surface area (Å²) >= 11 is 1.59. The molecule has 0 spiro atoms. The third-order valence-electron chi connectivity index (χ3n) is 3.14. The van der Waals surface area contributed by atoms with E-state index < -0.39 is 11.9 Å². The van der Waals surface area contributed by atoms with Gasteiger partial charge in [-0.25, -0.2) is 4.39 Å². The molecule has 1 N–H and O–H groups in total. The van der Waals surface area contributed by atoms with Gasteiger partial charge in [0.25, 0.3) is 0 Å². The Labute approximate surface area is 122 Å². The van der Waals surface area contributed by atoms with Crippen LogP contribution >= 0.6 is 11.8 Å². The second kappa shape index (κ2) is 6.77. The van der Waals surface area contributed by atoms with Crippen LogP contribution in [-0.4, -0.2) is 18.5 Å². The van der Waals surface area contributed by atoms with Gasteiger partial charge in [-0.15, -0.1) is 11.8 Å². The van der Waals surface area contributed by atoms with Crippen LogP contribution in [0.1, 0.15) is 17.2 Å². The second-order valence-electron chi connectivity index (χ2n) is 4.43. The highest BCUT2D eigenvalue weighted by atomic mass is 32.2. The van der Waals surface area contributed by atoms with Gasteiger partial charge in [-0.05, 0) is 35.6 Å². The molecule has 20 heavy (non-hydrogen) atoms. The van der Waals surface area contributed by atoms with Crippen LogP contribution in [0.2, 0.25) is 0 Å². The number of methoxy groups -OCH3 is 1. The lowest BCUT2D eigenvalue weighted by Gasteiger charge is -2.15. The van der Waals surface area contributed by atoms with Gasteiger partial charge >= 0.3 is 0 Å². The maximum absolute atomic E-state index is 13.6. The van der Waals surface area contributed by atoms with E-state index in [0.717, 1.165) is 16.0 Å². The number of hydrogen-bond acceptors (Lipinski definition) is 3. The molecule has 0 aliphatic carbocycles. The lowest BCUT2D eigenvalue weighted by Crippen LogP contribution is -2.04. The smallest absolute Gasteiger partial charge is 0.165 e. The number of benzene rings is 2. The molecule has 0 heterocycles. The van der Waals surface area contributed by atoms with Gasteiger partial charge in [0.1, 0.15) is 0 Å². The van der Waals surface area contributed by atoms with Crippen molar-refractivity contribution in [2.75, 3.05) is 13.4 Å². The molecule has 0 aliphatic rings. The Kier molecular flexibility index (Phi) is 5.04. The molecule has 0 saturated carbocycles. The van der Waals surface area contributed by atoms with Crippen molar-refractivity contribution in [2.24, 2.45) is 0 Å². The minimum Gasteiger partial charge on any atom is -0.494 e. The SMILES string of the molecule is COc1ccc(CC(O)c2ccccc2SC)cc1F. The maximum Gasteiger partial charge on any atom is 0.165 e. The molecule has 0 aromatic heterocycles. The van der Waals surface area contributed by atoms with Gasteiger partial charge in [0, 0.05) is 11.3 Å². The van der Waals surface area contributed by atoms with E-state index >= 15 is 0 Å². The summed E-state index contributed by atoms with van der Waals surface area (Å²) in [6.45, 7) is 0. The first-order chi connectivity index (χ1) is 9.65. The van der Waals surface area contributed by atoms with Crippen LogP contribution in [0, 0.1) is 5.82 Å². The van der Waals surface area contributed by atoms with Crippen molar-refractivity contribution in [1.82, 2.24) is 0 Å². The summed E-state index contributed by atoms with van der Waals surface area (Å²) in [5.41, 5.74) is 1.61. The topological polar surface area (TPSA) is 29.5 Å². The fourth-order valence-corrected chi connectivity index (χ4v) is 2.77. The van der Waals surface area contributed by atoms with Crippen LogP contribution in [0.25, 0.3) is 0 Å². The molecule has 1 unspecified atom stereocenters. The normalized spacial score (nSPS) is 12.2. The van der Waals surface area contributed by atoms with Crippen molar-refractivity contribution in [3.8, 4) is 5.75 Å². The molecule has 2 rings (SSSR count). The minimum absolute atomic E-state index is 0.216. The van der Waals surface area contributed by atoms with Crippen molar-refractivity contribution in [1.29, 1.82) is 0 Å². The Morgan fingerprint density at radius 3 is 2.65 bits per heavy atom. The lowest BCUT2D eigenvalue weighted by molar-refractivity contribution is 0.175. The highest BCUT2D eigenvalue weighted by Gasteiger charge is 2.13. The summed E-state index contributed by atoms with van der Waals surface area (Å²) in [5.74, 6) is -0.192. The lowest BCUT2D eigenvalue weighted by atomic mass is 10.0. The van der Waals surface area contributed by atoms with Gasteiger partial charge in [0.15, 0.2) is 11.6 Å². The van der Waals surface area contributed by atoms with Gasteiger partial charge in [-0.2, -0.15) is 0 Å². The van der Waals surface area contributed by atoms with Gasteiger partial charge in [-0.1, -0.05) is 24.3 Å². The zero-order valence-electron chi connectivity index (χ0n) is 11.5. The Morgan fingerprint density at radius 1 is 1.25 bits per heavy atom. The van der Waals surface area contributed by atoms with Crippen molar-refractivity contribution in [3.05, 3.63) is 59.4 Å². The van der Waals surface area contributed by atoms with E-state index in [1.54, 1.807) is 23.9 Å². The van der Waals surface area contributed by atoms with Crippen LogP contribution in [0.15, 0.2) is 47.4 Å². The van der Waals surface area contributed by atoms with Crippen molar-refractivity contribution in [3.63, 3.8) is 0 Å². The number of ether oxygens (including phenoxy) is 1. The van der Waals surface area contributed by atoms with E-state index in [4.69, 9.17) is 4.74 Å². The van der Waals surface area contributed by atoms with Crippen LogP contribution in [0.4, 0.5) is 4.39 Å². The Balaban J connectivity index is 2.19. The molecule has 4 heteroatoms. The Hall–Kier alpha value is -1.52. The van der Waals surface area contributed by atoms with Crippen LogP contribution in [-0.2, 0) is 6.42 Å². The summed E-state index contributed by atoms with van der Waals surface area (Å²) in [5, 5.41) is 10.3. The molecule has 0 amide bonds. The number of hydrogen-bond donors (Lipinski definition) is 1. The molecule has 0 radical (unpaired) electrons. The molecule has 2 aromatic rings. The zero-order valence-corrected chi connectivity index (χ0v) is 12.3. The van der Waals surface area contributed by atoms with Gasteiger partial charge in [0.05, 0.1) is 13.2 Å². The summed E-state index contributed by atoms with van der Waals surface area (Å²) in [6, 6.07) is 12.5. The quantitative estimate of drug-likeness (QED) is 0.849. The predicted octanol–water partition coefficient (Wildman–Crippen LogP) is 3.83. The molecule has 0 aliphatic heterocycles. The van der Waals surface area contributed by atoms with E-state index in [9.17, 15) is 9.50 Å². The van der Waals surface area contributed by atoms with E-state index in [1.165, 1.54) is 13.2 Å². The first-order valence-electron chi connectivity index (χ1n) is 6.29. The summed E-state index contributed by atoms with van der Waals surface area (Å²) < 4.78 is 18.5. The number of halogens is 1. The molecule has 0 bridgehead atoms. The number of rotatable bonds is 5. The first-order valence-corrected chi connectivity index (χ1v) is 7.51.